The van der Waals surface area contributed by atoms with E-state index in [-0.39, 0.29) is 35.9 Å². The zero-order valence-electron chi connectivity index (χ0n) is 16.4. The van der Waals surface area contributed by atoms with Gasteiger partial charge in [-0.2, -0.15) is 31.4 Å². The first-order chi connectivity index (χ1) is 14.8. The van der Waals surface area contributed by atoms with Crippen molar-refractivity contribution >= 4 is 15.7 Å². The van der Waals surface area contributed by atoms with E-state index in [0.29, 0.717) is 25.0 Å². The van der Waals surface area contributed by atoms with Gasteiger partial charge in [0.2, 0.25) is 0 Å². The molecule has 32 heavy (non-hydrogen) atoms. The van der Waals surface area contributed by atoms with E-state index in [1.807, 2.05) is 5.10 Å². The highest BCUT2D eigenvalue weighted by Crippen LogP contribution is 2.35. The summed E-state index contributed by atoms with van der Waals surface area (Å²) < 4.78 is 102. The summed E-state index contributed by atoms with van der Waals surface area (Å²) in [6, 6.07) is 4.21. The Morgan fingerprint density at radius 3 is 2.25 bits per heavy atom. The summed E-state index contributed by atoms with van der Waals surface area (Å²) in [5, 5.41) is 6.70. The first kappa shape index (κ1) is 24.1. The summed E-state index contributed by atoms with van der Waals surface area (Å²) in [4.78, 5) is 11.6. The Bertz CT molecular complexity index is 1070. The normalized spacial score (nSPS) is 20.2. The lowest BCUT2D eigenvalue weighted by molar-refractivity contribution is -0.141. The van der Waals surface area contributed by atoms with E-state index in [4.69, 9.17) is 0 Å². The van der Waals surface area contributed by atoms with Crippen LogP contribution in [0.1, 0.15) is 47.4 Å². The number of nitrogens with one attached hydrogen (secondary N) is 2. The minimum atomic E-state index is -4.68. The predicted molar refractivity (Wildman–Crippen MR) is 100 cm³/mol. The molecule has 1 aromatic carbocycles. The van der Waals surface area contributed by atoms with Crippen molar-refractivity contribution in [2.24, 2.45) is 5.92 Å². The highest BCUT2D eigenvalue weighted by Gasteiger charge is 2.36. The predicted octanol–water partition coefficient (Wildman–Crippen LogP) is 4.21. The number of carbonyl (C=O) groups excluding carboxylic acids is 1. The van der Waals surface area contributed by atoms with Gasteiger partial charge in [0, 0.05) is 12.6 Å². The number of hydrogen-bond donors (Lipinski definition) is 2. The van der Waals surface area contributed by atoms with Crippen molar-refractivity contribution in [3.8, 4) is 0 Å². The lowest BCUT2D eigenvalue weighted by atomic mass is 9.89. The Labute approximate surface area is 179 Å². The summed E-state index contributed by atoms with van der Waals surface area (Å²) in [5.41, 5.74) is -2.61. The van der Waals surface area contributed by atoms with Gasteiger partial charge in [-0.05, 0) is 49.8 Å². The van der Waals surface area contributed by atoms with Crippen molar-refractivity contribution in [1.82, 2.24) is 15.5 Å². The van der Waals surface area contributed by atoms with Crippen LogP contribution in [0.5, 0.6) is 0 Å². The average Bonchev–Trinajstić information content (AvgIpc) is 3.23. The van der Waals surface area contributed by atoms with E-state index < -0.39 is 44.6 Å². The van der Waals surface area contributed by atoms with Gasteiger partial charge in [0.25, 0.3) is 5.91 Å². The Morgan fingerprint density at radius 1 is 1.03 bits per heavy atom. The fraction of sp³-hybridized carbons (Fsp3) is 0.474. The van der Waals surface area contributed by atoms with Crippen LogP contribution in [0.15, 0.2) is 35.2 Å². The maximum atomic E-state index is 12.9. The molecule has 6 nitrogen and oxygen atoms in total. The van der Waals surface area contributed by atoms with Gasteiger partial charge in [0.15, 0.2) is 15.5 Å². The van der Waals surface area contributed by atoms with Crippen LogP contribution in [-0.4, -0.2) is 36.3 Å². The smallest absolute Gasteiger partial charge is 0.350 e. The summed E-state index contributed by atoms with van der Waals surface area (Å²) in [5.74, 6) is -0.886. The third-order valence-electron chi connectivity index (χ3n) is 5.39. The maximum absolute atomic E-state index is 12.9. The van der Waals surface area contributed by atoms with Crippen LogP contribution in [0.2, 0.25) is 0 Å². The van der Waals surface area contributed by atoms with E-state index in [1.165, 1.54) is 0 Å². The molecule has 0 unspecified atom stereocenters. The van der Waals surface area contributed by atoms with Gasteiger partial charge in [-0.1, -0.05) is 6.07 Å². The molecular formula is C19H19F6N3O3S. The lowest BCUT2D eigenvalue weighted by Gasteiger charge is -2.28. The fourth-order valence-electron chi connectivity index (χ4n) is 3.60. The minimum absolute atomic E-state index is 0.114. The molecule has 1 aliphatic carbocycles. The average molecular weight is 483 g/mol. The van der Waals surface area contributed by atoms with Crippen molar-refractivity contribution in [1.29, 1.82) is 0 Å². The quantitative estimate of drug-likeness (QED) is 0.624. The Kier molecular flexibility index (Phi) is 6.59. The topological polar surface area (TPSA) is 91.9 Å². The third-order valence-corrected chi connectivity index (χ3v) is 7.65. The van der Waals surface area contributed by atoms with Crippen LogP contribution in [0.4, 0.5) is 26.3 Å². The molecule has 1 saturated carbocycles. The number of alkyl halides is 6. The van der Waals surface area contributed by atoms with Crippen LogP contribution in [-0.2, 0) is 22.2 Å². The molecule has 176 valence electrons. The lowest BCUT2D eigenvalue weighted by Crippen LogP contribution is -2.34. The molecule has 0 aliphatic heterocycles. The fourth-order valence-corrected chi connectivity index (χ4v) is 5.44. The second-order valence-electron chi connectivity index (χ2n) is 7.59. The van der Waals surface area contributed by atoms with Crippen LogP contribution < -0.4 is 5.32 Å². The number of H-pyrrole nitrogens is 1. The van der Waals surface area contributed by atoms with E-state index in [2.05, 4.69) is 10.4 Å². The molecule has 1 amide bonds. The number of aromatic amines is 1. The first-order valence-electron chi connectivity index (χ1n) is 9.60. The molecule has 0 atom stereocenters. The molecule has 1 aliphatic rings. The van der Waals surface area contributed by atoms with Crippen LogP contribution in [0.3, 0.4) is 0 Å². The molecular weight excluding hydrogens is 464 g/mol. The monoisotopic (exact) mass is 483 g/mol. The van der Waals surface area contributed by atoms with Crippen molar-refractivity contribution in [2.75, 3.05) is 6.54 Å². The standard InChI is InChI=1S/C19H19F6N3O3S/c20-18(21,22)12-2-1-3-14(8-12)32(30,31)13-6-4-11(5-7-13)10-26-17(29)15-9-16(28-27-15)19(23,24)25/h1-3,8-9,11,13H,4-7,10H2,(H,26,29)(H,27,28). The molecule has 3 rings (SSSR count). The number of amides is 1. The molecule has 1 aromatic heterocycles. The molecule has 0 saturated heterocycles. The second kappa shape index (κ2) is 8.75. The Hall–Kier alpha value is -2.57. The molecule has 0 spiro atoms. The number of rotatable bonds is 5. The van der Waals surface area contributed by atoms with E-state index in [1.54, 1.807) is 0 Å². The SMILES string of the molecule is O=C(NCC1CCC(S(=O)(=O)c2cccc(C(F)(F)F)c2)CC1)c1cc(C(F)(F)F)n[nH]1. The number of benzene rings is 1. The molecule has 1 heterocycles. The van der Waals surface area contributed by atoms with Gasteiger partial charge in [-0.15, -0.1) is 0 Å². The van der Waals surface area contributed by atoms with Crippen molar-refractivity contribution in [2.45, 2.75) is 48.2 Å². The van der Waals surface area contributed by atoms with Crippen molar-refractivity contribution in [3.05, 3.63) is 47.3 Å². The largest absolute Gasteiger partial charge is 0.435 e. The summed E-state index contributed by atoms with van der Waals surface area (Å²) in [6.45, 7) is 0.121. The highest BCUT2D eigenvalue weighted by molar-refractivity contribution is 7.92. The zero-order valence-corrected chi connectivity index (χ0v) is 17.2. The van der Waals surface area contributed by atoms with Gasteiger partial charge in [0.05, 0.1) is 15.7 Å². The number of halogens is 6. The molecule has 0 bridgehead atoms. The third kappa shape index (κ3) is 5.43. The van der Waals surface area contributed by atoms with Crippen molar-refractivity contribution < 1.29 is 39.6 Å². The molecule has 0 radical (unpaired) electrons. The Morgan fingerprint density at radius 2 is 1.69 bits per heavy atom. The highest BCUT2D eigenvalue weighted by atomic mass is 32.2. The van der Waals surface area contributed by atoms with Crippen LogP contribution >= 0.6 is 0 Å². The number of aromatic nitrogens is 2. The number of sulfone groups is 1. The van der Waals surface area contributed by atoms with Crippen LogP contribution in [0.25, 0.3) is 0 Å². The Balaban J connectivity index is 1.56. The number of nitrogens with zero attached hydrogens (tertiary/aromatic N) is 1. The first-order valence-corrected chi connectivity index (χ1v) is 11.1. The van der Waals surface area contributed by atoms with E-state index in [9.17, 15) is 39.6 Å². The maximum Gasteiger partial charge on any atom is 0.435 e. The summed E-state index contributed by atoms with van der Waals surface area (Å²) in [6.07, 6.45) is -8.17. The molecule has 13 heteroatoms. The zero-order chi connectivity index (χ0) is 23.7. The van der Waals surface area contributed by atoms with Gasteiger partial charge in [-0.25, -0.2) is 8.42 Å². The van der Waals surface area contributed by atoms with E-state index >= 15 is 0 Å². The summed E-state index contributed by atoms with van der Waals surface area (Å²) >= 11 is 0. The van der Waals surface area contributed by atoms with Crippen molar-refractivity contribution in [3.63, 3.8) is 0 Å². The van der Waals surface area contributed by atoms with Crippen LogP contribution in [0, 0.1) is 5.92 Å². The van der Waals surface area contributed by atoms with Gasteiger partial charge < -0.3 is 5.32 Å². The second-order valence-corrected chi connectivity index (χ2v) is 9.82. The number of carbonyl (C=O) groups is 1. The molecule has 1 fully saturated rings. The van der Waals surface area contributed by atoms with E-state index in [0.717, 1.165) is 18.2 Å². The molecule has 2 aromatic rings. The molecule has 2 N–H and O–H groups in total. The van der Waals surface area contributed by atoms with Gasteiger partial charge >= 0.3 is 12.4 Å². The minimum Gasteiger partial charge on any atom is -0.350 e. The summed E-state index contributed by atoms with van der Waals surface area (Å²) in [7, 11) is -3.96. The van der Waals surface area contributed by atoms with Gasteiger partial charge in [0.1, 0.15) is 5.69 Å². The van der Waals surface area contributed by atoms with Gasteiger partial charge in [-0.3, -0.25) is 9.89 Å². The number of hydrogen-bond acceptors (Lipinski definition) is 4.